The molecular formula is C22H25N3O2. The monoisotopic (exact) mass is 363 g/mol. The van der Waals surface area contributed by atoms with Crippen LogP contribution in [0, 0.1) is 11.3 Å². The molecule has 1 aromatic carbocycles. The van der Waals surface area contributed by atoms with Gasteiger partial charge in [-0.15, -0.1) is 0 Å². The van der Waals surface area contributed by atoms with Crippen molar-refractivity contribution in [3.63, 3.8) is 0 Å². The highest BCUT2D eigenvalue weighted by atomic mass is 16.4. The van der Waals surface area contributed by atoms with Crippen LogP contribution >= 0.6 is 0 Å². The number of nitriles is 1. The number of anilines is 1. The van der Waals surface area contributed by atoms with Crippen LogP contribution < -0.4 is 10.2 Å². The number of hydrogen-bond acceptors (Lipinski definition) is 4. The van der Waals surface area contributed by atoms with Crippen molar-refractivity contribution in [2.45, 2.75) is 32.1 Å². The summed E-state index contributed by atoms with van der Waals surface area (Å²) < 4.78 is 5.81. The van der Waals surface area contributed by atoms with Gasteiger partial charge in [-0.05, 0) is 43.7 Å². The van der Waals surface area contributed by atoms with Gasteiger partial charge in [0.1, 0.15) is 17.4 Å². The number of amides is 1. The molecule has 2 heterocycles. The Hall–Kier alpha value is -3.00. The SMILES string of the molecule is N#C/C(=C/c1ccc(N2CCCCC2)o1)C(=O)NCCCc1ccccc1. The van der Waals surface area contributed by atoms with Crippen molar-refractivity contribution in [1.29, 1.82) is 5.26 Å². The molecule has 0 atom stereocenters. The first kappa shape index (κ1) is 18.8. The second kappa shape index (κ2) is 9.63. The van der Waals surface area contributed by atoms with Crippen LogP contribution in [0.3, 0.4) is 0 Å². The second-order valence-electron chi connectivity index (χ2n) is 6.74. The zero-order valence-electron chi connectivity index (χ0n) is 15.5. The highest BCUT2D eigenvalue weighted by molar-refractivity contribution is 6.01. The van der Waals surface area contributed by atoms with E-state index in [9.17, 15) is 10.1 Å². The first-order valence-electron chi connectivity index (χ1n) is 9.55. The van der Waals surface area contributed by atoms with Crippen molar-refractivity contribution in [2.24, 2.45) is 0 Å². The molecule has 0 spiro atoms. The molecule has 0 bridgehead atoms. The molecule has 2 aromatic rings. The predicted octanol–water partition coefficient (Wildman–Crippen LogP) is 3.93. The fourth-order valence-electron chi connectivity index (χ4n) is 3.23. The summed E-state index contributed by atoms with van der Waals surface area (Å²) in [4.78, 5) is 14.4. The summed E-state index contributed by atoms with van der Waals surface area (Å²) in [6.45, 7) is 2.51. The van der Waals surface area contributed by atoms with Crippen LogP contribution in [0.5, 0.6) is 0 Å². The van der Waals surface area contributed by atoms with E-state index in [0.29, 0.717) is 12.3 Å². The van der Waals surface area contributed by atoms with Crippen LogP contribution in [-0.2, 0) is 11.2 Å². The number of furan rings is 1. The number of hydrogen-bond donors (Lipinski definition) is 1. The first-order valence-corrected chi connectivity index (χ1v) is 9.55. The number of piperidine rings is 1. The molecular weight excluding hydrogens is 338 g/mol. The molecule has 0 radical (unpaired) electrons. The summed E-state index contributed by atoms with van der Waals surface area (Å²) in [6.07, 6.45) is 6.83. The zero-order chi connectivity index (χ0) is 18.9. The number of carbonyl (C=O) groups excluding carboxylic acids is 1. The van der Waals surface area contributed by atoms with Crippen molar-refractivity contribution in [1.82, 2.24) is 5.32 Å². The molecule has 3 rings (SSSR count). The van der Waals surface area contributed by atoms with Gasteiger partial charge >= 0.3 is 0 Å². The van der Waals surface area contributed by atoms with Crippen LogP contribution in [0.1, 0.15) is 37.0 Å². The van der Waals surface area contributed by atoms with E-state index in [2.05, 4.69) is 22.3 Å². The molecule has 1 aliphatic heterocycles. The number of rotatable bonds is 7. The van der Waals surface area contributed by atoms with Crippen molar-refractivity contribution < 1.29 is 9.21 Å². The highest BCUT2D eigenvalue weighted by Gasteiger charge is 2.15. The van der Waals surface area contributed by atoms with Gasteiger partial charge in [-0.3, -0.25) is 4.79 Å². The van der Waals surface area contributed by atoms with Crippen LogP contribution in [0.2, 0.25) is 0 Å². The van der Waals surface area contributed by atoms with E-state index in [4.69, 9.17) is 4.42 Å². The van der Waals surface area contributed by atoms with Crippen LogP contribution in [-0.4, -0.2) is 25.5 Å². The van der Waals surface area contributed by atoms with E-state index in [-0.39, 0.29) is 11.5 Å². The maximum absolute atomic E-state index is 12.2. The van der Waals surface area contributed by atoms with Crippen LogP contribution in [0.25, 0.3) is 6.08 Å². The molecule has 1 fully saturated rings. The normalized spacial score (nSPS) is 14.6. The van der Waals surface area contributed by atoms with Gasteiger partial charge in [-0.25, -0.2) is 0 Å². The average molecular weight is 363 g/mol. The van der Waals surface area contributed by atoms with E-state index >= 15 is 0 Å². The van der Waals surface area contributed by atoms with E-state index in [1.54, 1.807) is 0 Å². The summed E-state index contributed by atoms with van der Waals surface area (Å²) in [5, 5.41) is 12.1. The van der Waals surface area contributed by atoms with Crippen molar-refractivity contribution >= 4 is 17.9 Å². The molecule has 1 amide bonds. The lowest BCUT2D eigenvalue weighted by molar-refractivity contribution is -0.117. The Balaban J connectivity index is 1.52. The lowest BCUT2D eigenvalue weighted by atomic mass is 10.1. The summed E-state index contributed by atoms with van der Waals surface area (Å²) in [6, 6.07) is 15.8. The predicted molar refractivity (Wildman–Crippen MR) is 106 cm³/mol. The summed E-state index contributed by atoms with van der Waals surface area (Å²) in [5.41, 5.74) is 1.30. The second-order valence-corrected chi connectivity index (χ2v) is 6.74. The summed E-state index contributed by atoms with van der Waals surface area (Å²) in [5.74, 6) is 0.981. The Morgan fingerprint density at radius 2 is 1.93 bits per heavy atom. The highest BCUT2D eigenvalue weighted by Crippen LogP contribution is 2.23. The van der Waals surface area contributed by atoms with Crippen molar-refractivity contribution in [3.8, 4) is 6.07 Å². The van der Waals surface area contributed by atoms with Gasteiger partial charge in [-0.2, -0.15) is 5.26 Å². The molecule has 5 nitrogen and oxygen atoms in total. The first-order chi connectivity index (χ1) is 13.3. The lowest BCUT2D eigenvalue weighted by Gasteiger charge is -2.25. The fraction of sp³-hybridized carbons (Fsp3) is 0.364. The maximum Gasteiger partial charge on any atom is 0.262 e. The Morgan fingerprint density at radius 3 is 2.67 bits per heavy atom. The summed E-state index contributed by atoms with van der Waals surface area (Å²) in [7, 11) is 0. The number of nitrogens with zero attached hydrogens (tertiary/aromatic N) is 2. The molecule has 1 aromatic heterocycles. The number of aryl methyl sites for hydroxylation is 1. The van der Waals surface area contributed by atoms with Crippen molar-refractivity contribution in [2.75, 3.05) is 24.5 Å². The van der Waals surface area contributed by atoms with Crippen molar-refractivity contribution in [3.05, 3.63) is 59.4 Å². The van der Waals surface area contributed by atoms with Crippen LogP contribution in [0.15, 0.2) is 52.5 Å². The molecule has 0 unspecified atom stereocenters. The largest absolute Gasteiger partial charge is 0.441 e. The van der Waals surface area contributed by atoms with Crippen LogP contribution in [0.4, 0.5) is 5.88 Å². The minimum absolute atomic E-state index is 0.0641. The van der Waals surface area contributed by atoms with Gasteiger partial charge in [0.05, 0.1) is 0 Å². The van der Waals surface area contributed by atoms with E-state index in [1.807, 2.05) is 36.4 Å². The van der Waals surface area contributed by atoms with Gasteiger partial charge in [0.25, 0.3) is 5.91 Å². The number of benzene rings is 1. The third-order valence-corrected chi connectivity index (χ3v) is 4.70. The Kier molecular flexibility index (Phi) is 6.70. The quantitative estimate of drug-likeness (QED) is 0.460. The number of carbonyl (C=O) groups is 1. The van der Waals surface area contributed by atoms with E-state index < -0.39 is 0 Å². The van der Waals surface area contributed by atoms with Gasteiger partial charge in [0, 0.05) is 31.8 Å². The fourth-order valence-corrected chi connectivity index (χ4v) is 3.23. The molecule has 0 aliphatic carbocycles. The Labute approximate surface area is 160 Å². The maximum atomic E-state index is 12.2. The Morgan fingerprint density at radius 1 is 1.15 bits per heavy atom. The topological polar surface area (TPSA) is 69.3 Å². The molecule has 140 valence electrons. The number of nitrogens with one attached hydrogen (secondary N) is 1. The zero-order valence-corrected chi connectivity index (χ0v) is 15.5. The summed E-state index contributed by atoms with van der Waals surface area (Å²) >= 11 is 0. The third-order valence-electron chi connectivity index (χ3n) is 4.70. The minimum atomic E-state index is -0.360. The average Bonchev–Trinajstić information content (AvgIpc) is 3.19. The minimum Gasteiger partial charge on any atom is -0.441 e. The molecule has 1 aliphatic rings. The molecule has 1 saturated heterocycles. The van der Waals surface area contributed by atoms with Gasteiger partial charge in [-0.1, -0.05) is 30.3 Å². The van der Waals surface area contributed by atoms with Gasteiger partial charge in [0.15, 0.2) is 5.88 Å². The molecule has 5 heteroatoms. The van der Waals surface area contributed by atoms with Gasteiger partial charge in [0.2, 0.25) is 0 Å². The lowest BCUT2D eigenvalue weighted by Crippen LogP contribution is -2.28. The molecule has 1 N–H and O–H groups in total. The standard InChI is InChI=1S/C22H25N3O2/c23-17-19(22(26)24-13-7-10-18-8-3-1-4-9-18)16-20-11-12-21(27-20)25-14-5-2-6-15-25/h1,3-4,8-9,11-12,16H,2,5-7,10,13-15H2,(H,24,26)/b19-16-. The van der Waals surface area contributed by atoms with E-state index in [1.165, 1.54) is 30.9 Å². The smallest absolute Gasteiger partial charge is 0.262 e. The molecule has 0 saturated carbocycles. The Bertz CT molecular complexity index is 812. The molecule has 27 heavy (non-hydrogen) atoms. The van der Waals surface area contributed by atoms with E-state index in [0.717, 1.165) is 31.8 Å². The van der Waals surface area contributed by atoms with Gasteiger partial charge < -0.3 is 14.6 Å². The third kappa shape index (κ3) is 5.49.